The normalized spacial score (nSPS) is 13.8. The summed E-state index contributed by atoms with van der Waals surface area (Å²) in [7, 11) is 0. The lowest BCUT2D eigenvalue weighted by Crippen LogP contribution is -2.47. The highest BCUT2D eigenvalue weighted by atomic mass is 16.5. The van der Waals surface area contributed by atoms with Crippen LogP contribution in [0.2, 0.25) is 0 Å². The molecule has 0 spiro atoms. The molecule has 1 fully saturated rings. The molecule has 0 radical (unpaired) electrons. The Morgan fingerprint density at radius 3 is 2.26 bits per heavy atom. The average molecular weight is 456 g/mol. The third-order valence-corrected chi connectivity index (χ3v) is 6.01. The van der Waals surface area contributed by atoms with Gasteiger partial charge in [0.1, 0.15) is 18.2 Å². The Bertz CT molecular complexity index is 1210. The summed E-state index contributed by atoms with van der Waals surface area (Å²) in [6.45, 7) is 4.54. The Labute approximate surface area is 199 Å². The van der Waals surface area contributed by atoms with E-state index >= 15 is 0 Å². The number of hydrogen-bond donors (Lipinski definition) is 2. The van der Waals surface area contributed by atoms with Gasteiger partial charge in [0.05, 0.1) is 12.1 Å². The van der Waals surface area contributed by atoms with Crippen molar-refractivity contribution in [3.8, 4) is 5.75 Å². The summed E-state index contributed by atoms with van der Waals surface area (Å²) in [5.41, 5.74) is 3.26. The SMILES string of the molecule is OCCNc1nc(N2CCN(c3ccc(OCc4ccccc4)cc3)CC2)nc2ccccc12. The number of rotatable bonds is 8. The van der Waals surface area contributed by atoms with Crippen LogP contribution in [-0.4, -0.2) is 54.4 Å². The van der Waals surface area contributed by atoms with E-state index in [9.17, 15) is 5.11 Å². The van der Waals surface area contributed by atoms with Crippen molar-refractivity contribution < 1.29 is 9.84 Å². The van der Waals surface area contributed by atoms with Crippen molar-refractivity contribution in [3.63, 3.8) is 0 Å². The molecule has 3 aromatic carbocycles. The van der Waals surface area contributed by atoms with Gasteiger partial charge in [-0.05, 0) is 42.0 Å². The molecule has 1 saturated heterocycles. The fourth-order valence-electron chi connectivity index (χ4n) is 4.17. The van der Waals surface area contributed by atoms with Crippen LogP contribution in [-0.2, 0) is 6.61 Å². The summed E-state index contributed by atoms with van der Waals surface area (Å²) in [5, 5.41) is 13.4. The average Bonchev–Trinajstić information content (AvgIpc) is 2.91. The van der Waals surface area contributed by atoms with Crippen LogP contribution >= 0.6 is 0 Å². The standard InChI is InChI=1S/C27H29N5O2/c33-19-14-28-26-24-8-4-5-9-25(24)29-27(30-26)32-17-15-31(16-18-32)22-10-12-23(13-11-22)34-20-21-6-2-1-3-7-21/h1-13,33H,14-20H2,(H,28,29,30). The molecule has 0 saturated carbocycles. The van der Waals surface area contributed by atoms with E-state index in [1.165, 1.54) is 5.69 Å². The second-order valence-corrected chi connectivity index (χ2v) is 8.28. The minimum absolute atomic E-state index is 0.0580. The minimum Gasteiger partial charge on any atom is -0.489 e. The largest absolute Gasteiger partial charge is 0.489 e. The van der Waals surface area contributed by atoms with Crippen molar-refractivity contribution in [3.05, 3.63) is 84.4 Å². The molecule has 2 N–H and O–H groups in total. The second-order valence-electron chi connectivity index (χ2n) is 8.28. The maximum absolute atomic E-state index is 9.22. The molecule has 0 amide bonds. The highest BCUT2D eigenvalue weighted by Gasteiger charge is 2.21. The molecule has 7 nitrogen and oxygen atoms in total. The molecule has 0 atom stereocenters. The molecule has 2 heterocycles. The fourth-order valence-corrected chi connectivity index (χ4v) is 4.17. The van der Waals surface area contributed by atoms with Crippen molar-refractivity contribution in [2.45, 2.75) is 6.61 Å². The lowest BCUT2D eigenvalue weighted by Gasteiger charge is -2.36. The number of fused-ring (bicyclic) bond motifs is 1. The number of ether oxygens (including phenoxy) is 1. The van der Waals surface area contributed by atoms with E-state index in [1.54, 1.807) is 0 Å². The Kier molecular flexibility index (Phi) is 6.72. The zero-order chi connectivity index (χ0) is 23.2. The predicted molar refractivity (Wildman–Crippen MR) is 137 cm³/mol. The lowest BCUT2D eigenvalue weighted by molar-refractivity contribution is 0.306. The zero-order valence-electron chi connectivity index (χ0n) is 19.1. The molecule has 4 aromatic rings. The van der Waals surface area contributed by atoms with Crippen molar-refractivity contribution in [2.75, 3.05) is 54.4 Å². The third-order valence-electron chi connectivity index (χ3n) is 6.01. The number of hydrogen-bond acceptors (Lipinski definition) is 7. The van der Waals surface area contributed by atoms with E-state index in [4.69, 9.17) is 14.7 Å². The number of aliphatic hydroxyl groups excluding tert-OH is 1. The van der Waals surface area contributed by atoms with E-state index in [0.717, 1.165) is 60.2 Å². The first-order valence-corrected chi connectivity index (χ1v) is 11.7. The van der Waals surface area contributed by atoms with Crippen LogP contribution < -0.4 is 19.9 Å². The van der Waals surface area contributed by atoms with Crippen molar-refractivity contribution >= 4 is 28.4 Å². The molecule has 174 valence electrons. The van der Waals surface area contributed by atoms with Gasteiger partial charge in [-0.3, -0.25) is 0 Å². The van der Waals surface area contributed by atoms with Gasteiger partial charge in [0, 0.05) is 43.8 Å². The number of aromatic nitrogens is 2. The summed E-state index contributed by atoms with van der Waals surface area (Å²) < 4.78 is 5.92. The molecule has 7 heteroatoms. The van der Waals surface area contributed by atoms with Crippen LogP contribution in [0.1, 0.15) is 5.56 Å². The number of aliphatic hydroxyl groups is 1. The first-order chi connectivity index (χ1) is 16.8. The number of piperazine rings is 1. The number of nitrogens with zero attached hydrogens (tertiary/aromatic N) is 4. The monoisotopic (exact) mass is 455 g/mol. The molecule has 34 heavy (non-hydrogen) atoms. The van der Waals surface area contributed by atoms with Gasteiger partial charge >= 0.3 is 0 Å². The first kappa shape index (κ1) is 22.0. The van der Waals surface area contributed by atoms with Crippen molar-refractivity contribution in [1.82, 2.24) is 9.97 Å². The fraction of sp³-hybridized carbons (Fsp3) is 0.259. The molecular formula is C27H29N5O2. The summed E-state index contributed by atoms with van der Waals surface area (Å²) in [6.07, 6.45) is 0. The molecule has 0 unspecified atom stereocenters. The highest BCUT2D eigenvalue weighted by Crippen LogP contribution is 2.26. The van der Waals surface area contributed by atoms with E-state index in [-0.39, 0.29) is 6.61 Å². The summed E-state index contributed by atoms with van der Waals surface area (Å²) in [4.78, 5) is 14.2. The summed E-state index contributed by atoms with van der Waals surface area (Å²) >= 11 is 0. The Morgan fingerprint density at radius 1 is 0.794 bits per heavy atom. The van der Waals surface area contributed by atoms with Gasteiger partial charge < -0.3 is 25.0 Å². The molecule has 0 aliphatic carbocycles. The molecule has 1 aromatic heterocycles. The highest BCUT2D eigenvalue weighted by molar-refractivity contribution is 5.90. The summed E-state index contributed by atoms with van der Waals surface area (Å²) in [6, 6.07) is 26.5. The van der Waals surface area contributed by atoms with Crippen LogP contribution in [0.3, 0.4) is 0 Å². The van der Waals surface area contributed by atoms with Gasteiger partial charge in [-0.1, -0.05) is 42.5 Å². The van der Waals surface area contributed by atoms with Crippen LogP contribution in [0.25, 0.3) is 10.9 Å². The van der Waals surface area contributed by atoms with Gasteiger partial charge in [0.25, 0.3) is 0 Å². The Balaban J connectivity index is 1.22. The van der Waals surface area contributed by atoms with Gasteiger partial charge in [-0.2, -0.15) is 4.98 Å². The van der Waals surface area contributed by atoms with E-state index in [2.05, 4.69) is 39.4 Å². The smallest absolute Gasteiger partial charge is 0.228 e. The van der Waals surface area contributed by atoms with Crippen molar-refractivity contribution in [2.24, 2.45) is 0 Å². The Hall–Kier alpha value is -3.84. The van der Waals surface area contributed by atoms with Gasteiger partial charge in [-0.15, -0.1) is 0 Å². The number of anilines is 3. The lowest BCUT2D eigenvalue weighted by atomic mass is 10.2. The van der Waals surface area contributed by atoms with Gasteiger partial charge in [0.15, 0.2) is 0 Å². The van der Waals surface area contributed by atoms with Crippen LogP contribution in [0.5, 0.6) is 5.75 Å². The van der Waals surface area contributed by atoms with E-state index < -0.39 is 0 Å². The van der Waals surface area contributed by atoms with Crippen LogP contribution in [0.15, 0.2) is 78.9 Å². The topological polar surface area (TPSA) is 73.8 Å². The first-order valence-electron chi connectivity index (χ1n) is 11.7. The zero-order valence-corrected chi connectivity index (χ0v) is 19.1. The second kappa shape index (κ2) is 10.4. The van der Waals surface area contributed by atoms with E-state index in [1.807, 2.05) is 54.6 Å². The van der Waals surface area contributed by atoms with Gasteiger partial charge in [-0.25, -0.2) is 4.98 Å². The van der Waals surface area contributed by atoms with Crippen LogP contribution in [0, 0.1) is 0 Å². The quantitative estimate of drug-likeness (QED) is 0.417. The Morgan fingerprint density at radius 2 is 1.50 bits per heavy atom. The van der Waals surface area contributed by atoms with Crippen LogP contribution in [0.4, 0.5) is 17.5 Å². The predicted octanol–water partition coefficient (Wildman–Crippen LogP) is 3.94. The number of nitrogens with one attached hydrogen (secondary N) is 1. The summed E-state index contributed by atoms with van der Waals surface area (Å²) in [5.74, 6) is 2.37. The maximum atomic E-state index is 9.22. The molecule has 5 rings (SSSR count). The molecule has 0 bridgehead atoms. The maximum Gasteiger partial charge on any atom is 0.228 e. The molecule has 1 aliphatic rings. The molecular weight excluding hydrogens is 426 g/mol. The van der Waals surface area contributed by atoms with Crippen molar-refractivity contribution in [1.29, 1.82) is 0 Å². The molecule has 1 aliphatic heterocycles. The number of benzene rings is 3. The minimum atomic E-state index is 0.0580. The van der Waals surface area contributed by atoms with E-state index in [0.29, 0.717) is 13.2 Å². The third kappa shape index (κ3) is 5.05. The number of para-hydroxylation sites is 1. The van der Waals surface area contributed by atoms with Gasteiger partial charge in [0.2, 0.25) is 5.95 Å².